The van der Waals surface area contributed by atoms with Crippen LogP contribution in [0.15, 0.2) is 24.3 Å². The Bertz CT molecular complexity index is 313. The summed E-state index contributed by atoms with van der Waals surface area (Å²) >= 11 is 2.20. The third-order valence-corrected chi connectivity index (χ3v) is 3.15. The van der Waals surface area contributed by atoms with Gasteiger partial charge in [0.1, 0.15) is 0 Å². The molecule has 0 fully saturated rings. The van der Waals surface area contributed by atoms with Crippen LogP contribution in [0.1, 0.15) is 25.3 Å². The van der Waals surface area contributed by atoms with Crippen molar-refractivity contribution in [1.82, 2.24) is 11.0 Å². The lowest BCUT2D eigenvalue weighted by Gasteiger charge is -2.29. The minimum atomic E-state index is -1.11. The fraction of sp³-hybridized carbons (Fsp3) is 0.400. The molecule has 1 rings (SSSR count). The highest BCUT2D eigenvalue weighted by atomic mass is 127. The Labute approximate surface area is 103 Å². The van der Waals surface area contributed by atoms with E-state index in [-0.39, 0.29) is 0 Å². The normalized spacial score (nSPS) is 14.9. The third kappa shape index (κ3) is 3.12. The van der Waals surface area contributed by atoms with Crippen LogP contribution in [0.5, 0.6) is 0 Å². The molecule has 0 aliphatic heterocycles. The van der Waals surface area contributed by atoms with Gasteiger partial charge in [-0.05, 0) is 35.1 Å². The Morgan fingerprint density at radius 1 is 1.47 bits per heavy atom. The van der Waals surface area contributed by atoms with Crippen LogP contribution in [0.25, 0.3) is 0 Å². The molecule has 0 bridgehead atoms. The van der Waals surface area contributed by atoms with Crippen LogP contribution in [0.4, 0.5) is 0 Å². The van der Waals surface area contributed by atoms with E-state index in [2.05, 4.69) is 33.6 Å². The molecule has 0 saturated carbocycles. The summed E-state index contributed by atoms with van der Waals surface area (Å²) in [6, 6.07) is 7.68. The molecule has 0 aromatic heterocycles. The Morgan fingerprint density at radius 3 is 2.67 bits per heavy atom. The molecular formula is C10H16IN3O. The molecule has 5 heteroatoms. The molecule has 1 atom stereocenters. The van der Waals surface area contributed by atoms with Crippen LogP contribution in [0, 0.1) is 3.57 Å². The largest absolute Gasteiger partial charge is 0.370 e. The first-order chi connectivity index (χ1) is 7.14. The minimum absolute atomic E-state index is 0.594. The molecule has 0 saturated heterocycles. The van der Waals surface area contributed by atoms with Gasteiger partial charge in [0, 0.05) is 9.13 Å². The van der Waals surface area contributed by atoms with Crippen molar-refractivity contribution in [3.63, 3.8) is 0 Å². The lowest BCUT2D eigenvalue weighted by atomic mass is 9.99. The van der Waals surface area contributed by atoms with Gasteiger partial charge in [0.05, 0.1) is 0 Å². The van der Waals surface area contributed by atoms with E-state index in [0.29, 0.717) is 6.42 Å². The summed E-state index contributed by atoms with van der Waals surface area (Å²) in [5.74, 6) is 5.21. The zero-order valence-corrected chi connectivity index (χ0v) is 10.8. The van der Waals surface area contributed by atoms with Crippen molar-refractivity contribution in [2.75, 3.05) is 0 Å². The molecule has 15 heavy (non-hydrogen) atoms. The van der Waals surface area contributed by atoms with Gasteiger partial charge in [-0.15, -0.1) is 0 Å². The first-order valence-electron chi connectivity index (χ1n) is 4.84. The predicted molar refractivity (Wildman–Crippen MR) is 68.4 cm³/mol. The van der Waals surface area contributed by atoms with Crippen molar-refractivity contribution in [1.29, 1.82) is 0 Å². The highest BCUT2D eigenvalue weighted by Gasteiger charge is 2.29. The van der Waals surface area contributed by atoms with Crippen LogP contribution in [-0.2, 0) is 5.72 Å². The third-order valence-electron chi connectivity index (χ3n) is 2.21. The Balaban J connectivity index is 3.03. The smallest absolute Gasteiger partial charge is 0.156 e. The maximum absolute atomic E-state index is 10.4. The van der Waals surface area contributed by atoms with Gasteiger partial charge in [0.25, 0.3) is 0 Å². The van der Waals surface area contributed by atoms with Crippen molar-refractivity contribution in [3.05, 3.63) is 33.4 Å². The van der Waals surface area contributed by atoms with Crippen molar-refractivity contribution in [3.8, 4) is 0 Å². The topological polar surface area (TPSA) is 70.3 Å². The standard InChI is InChI=1S/C10H16IN3O/c1-2-7-10(15,13-14-12)8-5-3-4-6-9(8)11/h3-6,13-15H,2,7,12H2,1H3. The maximum atomic E-state index is 10.4. The molecule has 0 amide bonds. The van der Waals surface area contributed by atoms with E-state index in [1.165, 1.54) is 0 Å². The quantitative estimate of drug-likeness (QED) is 0.285. The average Bonchev–Trinajstić information content (AvgIpc) is 2.19. The molecule has 0 spiro atoms. The fourth-order valence-electron chi connectivity index (χ4n) is 1.54. The Kier molecular flexibility index (Phi) is 4.94. The number of rotatable bonds is 5. The number of benzene rings is 1. The lowest BCUT2D eigenvalue weighted by molar-refractivity contribution is -0.0238. The van der Waals surface area contributed by atoms with Gasteiger partial charge in [0.2, 0.25) is 0 Å². The first kappa shape index (κ1) is 12.9. The van der Waals surface area contributed by atoms with Crippen molar-refractivity contribution < 1.29 is 5.11 Å². The van der Waals surface area contributed by atoms with Crippen LogP contribution >= 0.6 is 22.6 Å². The zero-order valence-electron chi connectivity index (χ0n) is 8.63. The summed E-state index contributed by atoms with van der Waals surface area (Å²) in [6.07, 6.45) is 1.45. The minimum Gasteiger partial charge on any atom is -0.370 e. The van der Waals surface area contributed by atoms with E-state index in [1.807, 2.05) is 31.2 Å². The van der Waals surface area contributed by atoms with E-state index >= 15 is 0 Å². The number of hydrogen-bond acceptors (Lipinski definition) is 4. The van der Waals surface area contributed by atoms with Gasteiger partial charge >= 0.3 is 0 Å². The number of halogens is 1. The SMILES string of the molecule is CCCC(O)(NNN)c1ccccc1I. The number of nitrogens with two attached hydrogens (primary N) is 1. The second-order valence-electron chi connectivity index (χ2n) is 3.36. The lowest BCUT2D eigenvalue weighted by Crippen LogP contribution is -2.53. The molecule has 0 heterocycles. The second-order valence-corrected chi connectivity index (χ2v) is 4.52. The molecular weight excluding hydrogens is 305 g/mol. The van der Waals surface area contributed by atoms with Crippen LogP contribution in [0.3, 0.4) is 0 Å². The molecule has 4 nitrogen and oxygen atoms in total. The molecule has 84 valence electrons. The number of nitrogens with one attached hydrogen (secondary N) is 2. The van der Waals surface area contributed by atoms with E-state index in [1.54, 1.807) is 0 Å². The summed E-state index contributed by atoms with van der Waals surface area (Å²) in [5.41, 5.74) is 4.74. The predicted octanol–water partition coefficient (Wildman–Crippen LogP) is 1.20. The summed E-state index contributed by atoms with van der Waals surface area (Å²) < 4.78 is 1.01. The molecule has 0 aliphatic carbocycles. The summed E-state index contributed by atoms with van der Waals surface area (Å²) in [7, 11) is 0. The van der Waals surface area contributed by atoms with Crippen LogP contribution < -0.4 is 16.8 Å². The second kappa shape index (κ2) is 5.76. The molecule has 0 radical (unpaired) electrons. The highest BCUT2D eigenvalue weighted by Crippen LogP contribution is 2.27. The van der Waals surface area contributed by atoms with E-state index < -0.39 is 5.72 Å². The van der Waals surface area contributed by atoms with Crippen molar-refractivity contribution in [2.24, 2.45) is 5.84 Å². The fourth-order valence-corrected chi connectivity index (χ4v) is 2.38. The number of hydrogen-bond donors (Lipinski definition) is 4. The molecule has 1 unspecified atom stereocenters. The first-order valence-corrected chi connectivity index (χ1v) is 5.92. The molecule has 0 aliphatic rings. The summed E-state index contributed by atoms with van der Waals surface area (Å²) in [5, 5.41) is 10.4. The van der Waals surface area contributed by atoms with Crippen molar-refractivity contribution in [2.45, 2.75) is 25.5 Å². The van der Waals surface area contributed by atoms with Gasteiger partial charge in [-0.2, -0.15) is 5.53 Å². The number of aliphatic hydroxyl groups is 1. The van der Waals surface area contributed by atoms with E-state index in [9.17, 15) is 5.11 Å². The summed E-state index contributed by atoms with van der Waals surface area (Å²) in [6.45, 7) is 2.01. The monoisotopic (exact) mass is 321 g/mol. The molecule has 1 aromatic rings. The maximum Gasteiger partial charge on any atom is 0.156 e. The number of hydrazine groups is 2. The van der Waals surface area contributed by atoms with E-state index in [0.717, 1.165) is 15.6 Å². The highest BCUT2D eigenvalue weighted by molar-refractivity contribution is 14.1. The van der Waals surface area contributed by atoms with Gasteiger partial charge in [0.15, 0.2) is 5.72 Å². The zero-order chi connectivity index (χ0) is 11.3. The Morgan fingerprint density at radius 2 is 2.13 bits per heavy atom. The van der Waals surface area contributed by atoms with E-state index in [4.69, 9.17) is 5.84 Å². The van der Waals surface area contributed by atoms with Gasteiger partial charge in [-0.25, -0.2) is 5.43 Å². The van der Waals surface area contributed by atoms with Gasteiger partial charge < -0.3 is 5.11 Å². The van der Waals surface area contributed by atoms with Crippen LogP contribution in [-0.4, -0.2) is 5.11 Å². The van der Waals surface area contributed by atoms with Gasteiger partial charge in [-0.1, -0.05) is 31.5 Å². The molecule has 5 N–H and O–H groups in total. The van der Waals surface area contributed by atoms with Gasteiger partial charge in [-0.3, -0.25) is 5.84 Å². The molecule has 1 aromatic carbocycles. The average molecular weight is 321 g/mol. The van der Waals surface area contributed by atoms with Crippen LogP contribution in [0.2, 0.25) is 0 Å². The Hall–Kier alpha value is -0.210. The summed E-state index contributed by atoms with van der Waals surface area (Å²) in [4.78, 5) is 0. The van der Waals surface area contributed by atoms with Crippen molar-refractivity contribution >= 4 is 22.6 Å².